The van der Waals surface area contributed by atoms with Crippen LogP contribution >= 0.6 is 34.8 Å². The number of nitrogens with two attached hydrogens (primary N) is 1. The second-order valence-electron chi connectivity index (χ2n) is 3.32. The van der Waals surface area contributed by atoms with E-state index in [9.17, 15) is 0 Å². The number of hydrogen-bond donors (Lipinski definition) is 1. The lowest BCUT2D eigenvalue weighted by Gasteiger charge is -2.08. The van der Waals surface area contributed by atoms with Crippen LogP contribution in [0.15, 0.2) is 12.1 Å². The van der Waals surface area contributed by atoms with Crippen LogP contribution in [0.25, 0.3) is 0 Å². The number of rotatable bonds is 2. The van der Waals surface area contributed by atoms with E-state index in [4.69, 9.17) is 45.3 Å². The fourth-order valence-electron chi connectivity index (χ4n) is 1.24. The first kappa shape index (κ1) is 13.1. The first-order valence-corrected chi connectivity index (χ1v) is 5.89. The Labute approximate surface area is 118 Å². The first-order chi connectivity index (χ1) is 8.45. The van der Waals surface area contributed by atoms with E-state index in [1.165, 1.54) is 12.1 Å². The maximum Gasteiger partial charge on any atom is 0.327 e. The van der Waals surface area contributed by atoms with E-state index in [1.54, 1.807) is 6.92 Å². The zero-order valence-corrected chi connectivity index (χ0v) is 11.4. The summed E-state index contributed by atoms with van der Waals surface area (Å²) in [5, 5.41) is 0.914. The quantitative estimate of drug-likeness (QED) is 0.919. The molecule has 18 heavy (non-hydrogen) atoms. The third-order valence-electron chi connectivity index (χ3n) is 1.90. The number of aryl methyl sites for hydroxylation is 1. The molecule has 0 fully saturated rings. The molecule has 0 atom stereocenters. The normalized spacial score (nSPS) is 10.4. The van der Waals surface area contributed by atoms with Crippen molar-refractivity contribution in [3.63, 3.8) is 0 Å². The number of hydrogen-bond acceptors (Lipinski definition) is 5. The molecule has 5 nitrogen and oxygen atoms in total. The highest BCUT2D eigenvalue weighted by Gasteiger charge is 2.12. The molecule has 0 radical (unpaired) electrons. The van der Waals surface area contributed by atoms with Crippen LogP contribution in [-0.2, 0) is 0 Å². The second kappa shape index (κ2) is 5.14. The van der Waals surface area contributed by atoms with Gasteiger partial charge in [-0.2, -0.15) is 15.0 Å². The van der Waals surface area contributed by atoms with Gasteiger partial charge in [0.05, 0.1) is 10.0 Å². The van der Waals surface area contributed by atoms with Crippen molar-refractivity contribution in [1.82, 2.24) is 15.0 Å². The fourth-order valence-corrected chi connectivity index (χ4v) is 2.13. The van der Waals surface area contributed by atoms with Crippen LogP contribution in [0.2, 0.25) is 15.1 Å². The van der Waals surface area contributed by atoms with Crippen LogP contribution in [0.5, 0.6) is 11.8 Å². The average Bonchev–Trinajstić information content (AvgIpc) is 2.22. The minimum Gasteiger partial charge on any atom is -0.421 e. The molecular formula is C10H7Cl3N4O. The highest BCUT2D eigenvalue weighted by molar-refractivity contribution is 6.40. The molecule has 0 bridgehead atoms. The fraction of sp³-hybridized carbons (Fsp3) is 0.100. The summed E-state index contributed by atoms with van der Waals surface area (Å²) >= 11 is 17.7. The summed E-state index contributed by atoms with van der Waals surface area (Å²) in [5.74, 6) is 0.699. The third-order valence-corrected chi connectivity index (χ3v) is 2.68. The Bertz CT molecular complexity index is 562. The van der Waals surface area contributed by atoms with Crippen molar-refractivity contribution in [3.05, 3.63) is 33.0 Å². The van der Waals surface area contributed by atoms with E-state index in [0.29, 0.717) is 10.8 Å². The Morgan fingerprint density at radius 3 is 2.22 bits per heavy atom. The van der Waals surface area contributed by atoms with Crippen molar-refractivity contribution in [2.24, 2.45) is 0 Å². The Balaban J connectivity index is 2.40. The number of nitrogens with zero attached hydrogens (tertiary/aromatic N) is 3. The van der Waals surface area contributed by atoms with Gasteiger partial charge in [0.2, 0.25) is 5.95 Å². The molecule has 1 aromatic heterocycles. The van der Waals surface area contributed by atoms with Crippen LogP contribution in [0.3, 0.4) is 0 Å². The average molecular weight is 306 g/mol. The molecule has 0 aliphatic heterocycles. The molecule has 0 saturated heterocycles. The van der Waals surface area contributed by atoms with Gasteiger partial charge in [-0.15, -0.1) is 0 Å². The molecular weight excluding hydrogens is 298 g/mol. The lowest BCUT2D eigenvalue weighted by Crippen LogP contribution is -2.02. The largest absolute Gasteiger partial charge is 0.421 e. The van der Waals surface area contributed by atoms with E-state index in [2.05, 4.69) is 15.0 Å². The number of halogens is 3. The molecule has 0 spiro atoms. The van der Waals surface area contributed by atoms with Crippen molar-refractivity contribution < 1.29 is 4.74 Å². The SMILES string of the molecule is Cc1nc(N)nc(Oc2c(Cl)cc(Cl)cc2Cl)n1. The van der Waals surface area contributed by atoms with Crippen molar-refractivity contribution in [3.8, 4) is 11.8 Å². The maximum absolute atomic E-state index is 5.97. The number of aromatic nitrogens is 3. The highest BCUT2D eigenvalue weighted by Crippen LogP contribution is 2.37. The van der Waals surface area contributed by atoms with Gasteiger partial charge in [0.15, 0.2) is 5.75 Å². The van der Waals surface area contributed by atoms with Gasteiger partial charge >= 0.3 is 6.01 Å². The van der Waals surface area contributed by atoms with Gasteiger partial charge in [-0.25, -0.2) is 0 Å². The summed E-state index contributed by atoms with van der Waals surface area (Å²) in [5.41, 5.74) is 5.48. The molecule has 0 unspecified atom stereocenters. The molecule has 0 aliphatic carbocycles. The number of ether oxygens (including phenoxy) is 1. The van der Waals surface area contributed by atoms with Gasteiger partial charge in [-0.1, -0.05) is 34.8 Å². The van der Waals surface area contributed by atoms with Gasteiger partial charge in [0, 0.05) is 5.02 Å². The van der Waals surface area contributed by atoms with Gasteiger partial charge in [0.1, 0.15) is 5.82 Å². The summed E-state index contributed by atoms with van der Waals surface area (Å²) in [6.45, 7) is 1.66. The Kier molecular flexibility index (Phi) is 3.75. The Hall–Kier alpha value is -1.30. The minimum atomic E-state index is 0.0196. The minimum absolute atomic E-state index is 0.0196. The van der Waals surface area contributed by atoms with Crippen LogP contribution in [0, 0.1) is 6.92 Å². The van der Waals surface area contributed by atoms with Crippen LogP contribution < -0.4 is 10.5 Å². The van der Waals surface area contributed by atoms with E-state index in [1.807, 2.05) is 0 Å². The lowest BCUT2D eigenvalue weighted by atomic mass is 10.3. The number of nitrogen functional groups attached to an aromatic ring is 1. The van der Waals surface area contributed by atoms with Crippen LogP contribution in [0.4, 0.5) is 5.95 Å². The van der Waals surface area contributed by atoms with Crippen LogP contribution in [0.1, 0.15) is 5.82 Å². The zero-order valence-electron chi connectivity index (χ0n) is 9.12. The van der Waals surface area contributed by atoms with Crippen molar-refractivity contribution in [2.75, 3.05) is 5.73 Å². The predicted molar refractivity (Wildman–Crippen MR) is 70.5 cm³/mol. The molecule has 0 amide bonds. The summed E-state index contributed by atoms with van der Waals surface area (Å²) in [4.78, 5) is 11.6. The van der Waals surface area contributed by atoms with Gasteiger partial charge < -0.3 is 10.5 Å². The topological polar surface area (TPSA) is 73.9 Å². The molecule has 94 valence electrons. The second-order valence-corrected chi connectivity index (χ2v) is 4.57. The molecule has 1 heterocycles. The maximum atomic E-state index is 5.97. The smallest absolute Gasteiger partial charge is 0.327 e. The Morgan fingerprint density at radius 2 is 1.67 bits per heavy atom. The predicted octanol–water partition coefficient (Wildman–Crippen LogP) is 3.51. The van der Waals surface area contributed by atoms with E-state index in [-0.39, 0.29) is 27.8 Å². The van der Waals surface area contributed by atoms with E-state index >= 15 is 0 Å². The summed E-state index contributed by atoms with van der Waals surface area (Å²) in [7, 11) is 0. The monoisotopic (exact) mass is 304 g/mol. The highest BCUT2D eigenvalue weighted by atomic mass is 35.5. The van der Waals surface area contributed by atoms with Crippen molar-refractivity contribution in [1.29, 1.82) is 0 Å². The zero-order chi connectivity index (χ0) is 13.3. The van der Waals surface area contributed by atoms with E-state index < -0.39 is 0 Å². The van der Waals surface area contributed by atoms with Crippen LogP contribution in [-0.4, -0.2) is 15.0 Å². The van der Waals surface area contributed by atoms with Gasteiger partial charge in [-0.05, 0) is 19.1 Å². The molecule has 2 aromatic rings. The van der Waals surface area contributed by atoms with Gasteiger partial charge in [0.25, 0.3) is 0 Å². The Morgan fingerprint density at radius 1 is 1.06 bits per heavy atom. The molecule has 2 rings (SSSR count). The molecule has 1 aromatic carbocycles. The molecule has 2 N–H and O–H groups in total. The van der Waals surface area contributed by atoms with E-state index in [0.717, 1.165) is 0 Å². The molecule has 8 heteroatoms. The van der Waals surface area contributed by atoms with Crippen molar-refractivity contribution in [2.45, 2.75) is 6.92 Å². The summed E-state index contributed by atoms with van der Waals surface area (Å²) in [6, 6.07) is 3.02. The number of anilines is 1. The molecule has 0 saturated carbocycles. The third kappa shape index (κ3) is 2.93. The van der Waals surface area contributed by atoms with Crippen molar-refractivity contribution >= 4 is 40.8 Å². The first-order valence-electron chi connectivity index (χ1n) is 4.76. The summed E-state index contributed by atoms with van der Waals surface area (Å²) < 4.78 is 5.39. The summed E-state index contributed by atoms with van der Waals surface area (Å²) in [6.07, 6.45) is 0. The number of benzene rings is 1. The molecule has 0 aliphatic rings. The lowest BCUT2D eigenvalue weighted by molar-refractivity contribution is 0.439. The van der Waals surface area contributed by atoms with Gasteiger partial charge in [-0.3, -0.25) is 0 Å². The standard InChI is InChI=1S/C10H7Cl3N4O/c1-4-15-9(14)17-10(16-4)18-8-6(12)2-5(11)3-7(8)13/h2-3H,1H3,(H2,14,15,16,17).